The van der Waals surface area contributed by atoms with Crippen LogP contribution in [0.4, 0.5) is 5.82 Å². The van der Waals surface area contributed by atoms with E-state index in [-0.39, 0.29) is 11.1 Å². The normalized spacial score (nSPS) is 10.1. The number of rotatable bonds is 3. The van der Waals surface area contributed by atoms with Crippen molar-refractivity contribution in [3.8, 4) is 11.1 Å². The summed E-state index contributed by atoms with van der Waals surface area (Å²) in [5.74, 6) is -2.06. The number of aromatic amines is 1. The molecule has 0 bridgehead atoms. The zero-order valence-electron chi connectivity index (χ0n) is 14.4. The number of hydrogen-bond donors (Lipinski definition) is 4. The molecule has 5 N–H and O–H groups in total. The van der Waals surface area contributed by atoms with E-state index < -0.39 is 11.9 Å². The minimum Gasteiger partial charge on any atom is -0.478 e. The molecule has 4 aromatic rings. The number of fused-ring (bicyclic) bond motifs is 1. The third kappa shape index (κ3) is 3.78. The maximum atomic E-state index is 11.3. The van der Waals surface area contributed by atoms with Gasteiger partial charge in [0.15, 0.2) is 11.5 Å². The predicted molar refractivity (Wildman–Crippen MR) is 102 cm³/mol. The molecule has 0 aliphatic rings. The Morgan fingerprint density at radius 3 is 2.29 bits per heavy atom. The summed E-state index contributed by atoms with van der Waals surface area (Å²) in [6.45, 7) is 0. The van der Waals surface area contributed by atoms with Gasteiger partial charge in [-0.15, -0.1) is 0 Å². The van der Waals surface area contributed by atoms with Crippen molar-refractivity contribution in [2.45, 2.75) is 0 Å². The van der Waals surface area contributed by atoms with Crippen LogP contribution in [0.3, 0.4) is 0 Å². The van der Waals surface area contributed by atoms with Crippen LogP contribution in [-0.2, 0) is 0 Å². The second-order valence-corrected chi connectivity index (χ2v) is 5.56. The van der Waals surface area contributed by atoms with Gasteiger partial charge in [-0.3, -0.25) is 0 Å². The van der Waals surface area contributed by atoms with Crippen LogP contribution in [0.2, 0.25) is 0 Å². The summed E-state index contributed by atoms with van der Waals surface area (Å²) in [7, 11) is 0. The Kier molecular flexibility index (Phi) is 5.26. The van der Waals surface area contributed by atoms with Crippen molar-refractivity contribution in [1.29, 1.82) is 0 Å². The number of carboxylic acids is 2. The number of carboxylic acid groups (broad SMARTS) is 2. The van der Waals surface area contributed by atoms with Crippen LogP contribution in [0.15, 0.2) is 61.2 Å². The summed E-state index contributed by atoms with van der Waals surface area (Å²) in [5, 5.41) is 18.2. The first-order valence-electron chi connectivity index (χ1n) is 8.03. The SMILES string of the molecule is Nc1ncnc2nc[nH]c12.O=C(O)c1cccc(-c2ccccc2)c1C(=O)O. The minimum absolute atomic E-state index is 0.184. The van der Waals surface area contributed by atoms with Gasteiger partial charge in [0.05, 0.1) is 17.5 Å². The molecule has 9 nitrogen and oxygen atoms in total. The molecule has 0 aliphatic heterocycles. The van der Waals surface area contributed by atoms with Gasteiger partial charge in [0.25, 0.3) is 0 Å². The van der Waals surface area contributed by atoms with Crippen LogP contribution in [0.25, 0.3) is 22.3 Å². The lowest BCUT2D eigenvalue weighted by molar-refractivity contribution is 0.0652. The molecule has 0 amide bonds. The number of nitrogens with zero attached hydrogens (tertiary/aromatic N) is 3. The molecule has 4 rings (SSSR count). The third-order valence-electron chi connectivity index (χ3n) is 3.85. The lowest BCUT2D eigenvalue weighted by atomic mass is 9.95. The van der Waals surface area contributed by atoms with E-state index >= 15 is 0 Å². The largest absolute Gasteiger partial charge is 0.478 e. The van der Waals surface area contributed by atoms with Gasteiger partial charge < -0.3 is 20.9 Å². The Morgan fingerprint density at radius 1 is 0.893 bits per heavy atom. The van der Waals surface area contributed by atoms with E-state index in [1.54, 1.807) is 30.3 Å². The molecule has 0 fully saturated rings. The standard InChI is InChI=1S/C14H10O4.C5H5N5/c15-13(16)11-8-4-7-10(12(11)14(17)18)9-5-2-1-3-6-9;6-4-3-5(9-1-7-3)10-2-8-4/h1-8H,(H,15,16)(H,17,18);1-2H,(H3,6,7,8,9,10). The number of hydrogen-bond acceptors (Lipinski definition) is 6. The first-order valence-corrected chi connectivity index (χ1v) is 8.03. The second-order valence-electron chi connectivity index (χ2n) is 5.56. The van der Waals surface area contributed by atoms with Gasteiger partial charge in [-0.25, -0.2) is 24.5 Å². The fraction of sp³-hybridized carbons (Fsp3) is 0. The van der Waals surface area contributed by atoms with E-state index in [1.807, 2.05) is 6.07 Å². The molecule has 2 heterocycles. The van der Waals surface area contributed by atoms with E-state index in [9.17, 15) is 14.7 Å². The van der Waals surface area contributed by atoms with Crippen molar-refractivity contribution < 1.29 is 19.8 Å². The second kappa shape index (κ2) is 7.96. The van der Waals surface area contributed by atoms with E-state index in [4.69, 9.17) is 10.8 Å². The zero-order chi connectivity index (χ0) is 20.1. The zero-order valence-corrected chi connectivity index (χ0v) is 14.4. The smallest absolute Gasteiger partial charge is 0.337 e. The van der Waals surface area contributed by atoms with E-state index in [0.29, 0.717) is 28.1 Å². The Balaban J connectivity index is 0.000000188. The Hall–Kier alpha value is -4.27. The third-order valence-corrected chi connectivity index (χ3v) is 3.85. The number of H-pyrrole nitrogens is 1. The summed E-state index contributed by atoms with van der Waals surface area (Å²) >= 11 is 0. The van der Waals surface area contributed by atoms with Crippen LogP contribution in [0, 0.1) is 0 Å². The van der Waals surface area contributed by atoms with Crippen molar-refractivity contribution in [2.75, 3.05) is 5.73 Å². The summed E-state index contributed by atoms with van der Waals surface area (Å²) in [6.07, 6.45) is 2.92. The fourth-order valence-electron chi connectivity index (χ4n) is 2.60. The number of carbonyl (C=O) groups is 2. The first-order chi connectivity index (χ1) is 13.5. The fourth-order valence-corrected chi connectivity index (χ4v) is 2.60. The summed E-state index contributed by atoms with van der Waals surface area (Å²) in [6, 6.07) is 13.3. The molecule has 140 valence electrons. The van der Waals surface area contributed by atoms with Crippen molar-refractivity contribution in [2.24, 2.45) is 0 Å². The Labute approximate surface area is 158 Å². The van der Waals surface area contributed by atoms with Crippen LogP contribution < -0.4 is 5.73 Å². The predicted octanol–water partition coefficient (Wildman–Crippen LogP) is 2.69. The Bertz CT molecular complexity index is 1140. The molecule has 0 saturated carbocycles. The van der Waals surface area contributed by atoms with Crippen molar-refractivity contribution in [3.05, 3.63) is 72.3 Å². The highest BCUT2D eigenvalue weighted by atomic mass is 16.4. The number of anilines is 1. The molecule has 0 spiro atoms. The van der Waals surface area contributed by atoms with Crippen LogP contribution >= 0.6 is 0 Å². The van der Waals surface area contributed by atoms with Gasteiger partial charge in [-0.1, -0.05) is 42.5 Å². The van der Waals surface area contributed by atoms with E-state index in [2.05, 4.69) is 19.9 Å². The van der Waals surface area contributed by atoms with Gasteiger partial charge in [-0.05, 0) is 17.2 Å². The minimum atomic E-state index is -1.25. The van der Waals surface area contributed by atoms with E-state index in [0.717, 1.165) is 0 Å². The maximum Gasteiger partial charge on any atom is 0.337 e. The molecule has 0 atom stereocenters. The number of imidazole rings is 1. The van der Waals surface area contributed by atoms with Crippen molar-refractivity contribution >= 4 is 28.9 Å². The van der Waals surface area contributed by atoms with Gasteiger partial charge in [0.2, 0.25) is 0 Å². The highest BCUT2D eigenvalue weighted by Crippen LogP contribution is 2.26. The number of aromatic carboxylic acids is 2. The van der Waals surface area contributed by atoms with E-state index in [1.165, 1.54) is 24.8 Å². The molecule has 0 radical (unpaired) electrons. The van der Waals surface area contributed by atoms with Gasteiger partial charge >= 0.3 is 11.9 Å². The molecular weight excluding hydrogens is 362 g/mol. The molecule has 0 unspecified atom stereocenters. The molecule has 2 aromatic carbocycles. The van der Waals surface area contributed by atoms with Gasteiger partial charge in [0, 0.05) is 0 Å². The lowest BCUT2D eigenvalue weighted by Gasteiger charge is -2.08. The molecule has 2 aromatic heterocycles. The van der Waals surface area contributed by atoms with Crippen LogP contribution in [0.1, 0.15) is 20.7 Å². The highest BCUT2D eigenvalue weighted by molar-refractivity contribution is 6.06. The Morgan fingerprint density at radius 2 is 1.64 bits per heavy atom. The highest BCUT2D eigenvalue weighted by Gasteiger charge is 2.20. The monoisotopic (exact) mass is 377 g/mol. The van der Waals surface area contributed by atoms with Crippen LogP contribution in [-0.4, -0.2) is 42.1 Å². The molecule has 0 saturated heterocycles. The number of nitrogen functional groups attached to an aromatic ring is 1. The number of aromatic nitrogens is 4. The van der Waals surface area contributed by atoms with Crippen molar-refractivity contribution in [3.63, 3.8) is 0 Å². The summed E-state index contributed by atoms with van der Waals surface area (Å²) in [4.78, 5) is 36.7. The number of nitrogens with one attached hydrogen (secondary N) is 1. The lowest BCUT2D eigenvalue weighted by Crippen LogP contribution is -2.09. The molecule has 0 aliphatic carbocycles. The van der Waals surface area contributed by atoms with Gasteiger partial charge in [0.1, 0.15) is 11.8 Å². The number of nitrogens with two attached hydrogens (primary N) is 1. The molecule has 9 heteroatoms. The average Bonchev–Trinajstić information content (AvgIpc) is 3.19. The van der Waals surface area contributed by atoms with Gasteiger partial charge in [-0.2, -0.15) is 0 Å². The summed E-state index contributed by atoms with van der Waals surface area (Å²) < 4.78 is 0. The number of benzene rings is 2. The topological polar surface area (TPSA) is 155 Å². The molecular formula is C19H15N5O4. The summed E-state index contributed by atoms with van der Waals surface area (Å²) in [5.41, 5.74) is 7.47. The molecule has 28 heavy (non-hydrogen) atoms. The average molecular weight is 377 g/mol. The maximum absolute atomic E-state index is 11.3. The quantitative estimate of drug-likeness (QED) is 0.425. The first kappa shape index (κ1) is 18.5. The van der Waals surface area contributed by atoms with Crippen molar-refractivity contribution in [1.82, 2.24) is 19.9 Å². The van der Waals surface area contributed by atoms with Crippen LogP contribution in [0.5, 0.6) is 0 Å².